The van der Waals surface area contributed by atoms with Crippen LogP contribution in [-0.4, -0.2) is 66.6 Å². The Hall–Kier alpha value is -3.11. The Kier molecular flexibility index (Phi) is 6.45. The summed E-state index contributed by atoms with van der Waals surface area (Å²) in [4.78, 5) is 23.8. The van der Waals surface area contributed by atoms with Gasteiger partial charge in [-0.1, -0.05) is 30.3 Å². The van der Waals surface area contributed by atoms with Gasteiger partial charge in [0.05, 0.1) is 11.6 Å². The summed E-state index contributed by atoms with van der Waals surface area (Å²) in [5.74, 6) is 0.705. The van der Waals surface area contributed by atoms with E-state index in [0.29, 0.717) is 37.6 Å². The first-order chi connectivity index (χ1) is 14.7. The molecule has 0 bridgehead atoms. The van der Waals surface area contributed by atoms with Crippen molar-refractivity contribution in [2.24, 2.45) is 0 Å². The van der Waals surface area contributed by atoms with Crippen LogP contribution in [0.1, 0.15) is 30.0 Å². The van der Waals surface area contributed by atoms with E-state index in [2.05, 4.69) is 38.3 Å². The molecule has 1 aromatic heterocycles. The van der Waals surface area contributed by atoms with Crippen molar-refractivity contribution in [3.63, 3.8) is 0 Å². The quantitative estimate of drug-likeness (QED) is 0.829. The smallest absolute Gasteiger partial charge is 0.318 e. The van der Waals surface area contributed by atoms with Crippen molar-refractivity contribution in [2.75, 3.05) is 50.7 Å². The van der Waals surface area contributed by atoms with Crippen molar-refractivity contribution in [1.82, 2.24) is 20.1 Å². The van der Waals surface area contributed by atoms with Crippen LogP contribution in [0.5, 0.6) is 0 Å². The fourth-order valence-corrected chi connectivity index (χ4v) is 4.24. The van der Waals surface area contributed by atoms with E-state index in [4.69, 9.17) is 0 Å². The van der Waals surface area contributed by atoms with Gasteiger partial charge in [-0.25, -0.2) is 9.78 Å². The van der Waals surface area contributed by atoms with Gasteiger partial charge in [0.15, 0.2) is 0 Å². The lowest BCUT2D eigenvalue weighted by atomic mass is 10.1. The summed E-state index contributed by atoms with van der Waals surface area (Å²) in [7, 11) is 0. The van der Waals surface area contributed by atoms with Crippen LogP contribution in [0.3, 0.4) is 0 Å². The Morgan fingerprint density at radius 3 is 2.47 bits per heavy atom. The predicted octanol–water partition coefficient (Wildman–Crippen LogP) is 2.62. The third-order valence-corrected chi connectivity index (χ3v) is 5.91. The molecule has 156 valence electrons. The maximum atomic E-state index is 13.0. The van der Waals surface area contributed by atoms with E-state index in [1.54, 1.807) is 18.3 Å². The van der Waals surface area contributed by atoms with E-state index in [9.17, 15) is 10.1 Å². The number of nitriles is 1. The lowest BCUT2D eigenvalue weighted by Gasteiger charge is -2.36. The minimum atomic E-state index is -0.0239. The molecular formula is C23H28N6O. The topological polar surface area (TPSA) is 75.5 Å². The van der Waals surface area contributed by atoms with E-state index in [-0.39, 0.29) is 12.1 Å². The molecule has 2 aliphatic heterocycles. The number of hydrogen-bond donors (Lipinski definition) is 1. The highest BCUT2D eigenvalue weighted by atomic mass is 16.2. The number of pyridine rings is 1. The van der Waals surface area contributed by atoms with Crippen LogP contribution in [0.15, 0.2) is 48.7 Å². The van der Waals surface area contributed by atoms with Crippen LogP contribution in [-0.2, 0) is 0 Å². The molecule has 4 rings (SSSR count). The van der Waals surface area contributed by atoms with Crippen molar-refractivity contribution in [2.45, 2.75) is 18.9 Å². The molecule has 1 aromatic carbocycles. The summed E-state index contributed by atoms with van der Waals surface area (Å²) < 4.78 is 0. The number of amides is 2. The van der Waals surface area contributed by atoms with Crippen LogP contribution in [0.25, 0.3) is 0 Å². The number of benzene rings is 1. The van der Waals surface area contributed by atoms with Gasteiger partial charge in [-0.2, -0.15) is 5.26 Å². The van der Waals surface area contributed by atoms with Gasteiger partial charge in [0, 0.05) is 38.9 Å². The molecule has 3 heterocycles. The van der Waals surface area contributed by atoms with Crippen LogP contribution in [0, 0.1) is 11.3 Å². The second-order valence-electron chi connectivity index (χ2n) is 7.88. The average molecular weight is 405 g/mol. The zero-order chi connectivity index (χ0) is 20.8. The summed E-state index contributed by atoms with van der Waals surface area (Å²) in [5, 5.41) is 12.6. The number of nitrogens with one attached hydrogen (secondary N) is 1. The Bertz CT molecular complexity index is 882. The van der Waals surface area contributed by atoms with Gasteiger partial charge >= 0.3 is 6.03 Å². The molecule has 30 heavy (non-hydrogen) atoms. The lowest BCUT2D eigenvalue weighted by Crippen LogP contribution is -2.53. The number of carbonyl (C=O) groups excluding carboxylic acids is 1. The third kappa shape index (κ3) is 4.71. The lowest BCUT2D eigenvalue weighted by molar-refractivity contribution is 0.185. The first-order valence-electron chi connectivity index (χ1n) is 10.7. The average Bonchev–Trinajstić information content (AvgIpc) is 3.32. The van der Waals surface area contributed by atoms with Crippen molar-refractivity contribution in [3.8, 4) is 6.07 Å². The molecule has 7 nitrogen and oxygen atoms in total. The van der Waals surface area contributed by atoms with Gasteiger partial charge in [0.25, 0.3) is 0 Å². The van der Waals surface area contributed by atoms with Crippen LogP contribution in [0.4, 0.5) is 10.6 Å². The zero-order valence-electron chi connectivity index (χ0n) is 17.2. The summed E-state index contributed by atoms with van der Waals surface area (Å²) in [6, 6.07) is 15.9. The number of nitrogens with zero attached hydrogens (tertiary/aromatic N) is 5. The number of likely N-dealkylation sites (tertiary alicyclic amines) is 1. The molecule has 7 heteroatoms. The SMILES string of the molecule is N#Cc1cccnc1N1CCN(C(=O)NC(CN2CCCC2)c2ccccc2)CC1. The highest BCUT2D eigenvalue weighted by molar-refractivity contribution is 5.75. The number of anilines is 1. The molecule has 2 amide bonds. The van der Waals surface area contributed by atoms with Crippen LogP contribution in [0.2, 0.25) is 0 Å². The molecule has 1 unspecified atom stereocenters. The summed E-state index contributed by atoms with van der Waals surface area (Å²) in [5.41, 5.74) is 1.72. The van der Waals surface area contributed by atoms with Crippen LogP contribution < -0.4 is 10.2 Å². The Morgan fingerprint density at radius 1 is 1.03 bits per heavy atom. The number of hydrogen-bond acceptors (Lipinski definition) is 5. The number of carbonyl (C=O) groups is 1. The second-order valence-corrected chi connectivity index (χ2v) is 7.88. The normalized spacial score (nSPS) is 18.1. The number of aromatic nitrogens is 1. The predicted molar refractivity (Wildman–Crippen MR) is 116 cm³/mol. The molecule has 2 saturated heterocycles. The Balaban J connectivity index is 1.38. The van der Waals surface area contributed by atoms with Crippen molar-refractivity contribution in [3.05, 3.63) is 59.8 Å². The van der Waals surface area contributed by atoms with E-state index < -0.39 is 0 Å². The highest BCUT2D eigenvalue weighted by Crippen LogP contribution is 2.20. The fourth-order valence-electron chi connectivity index (χ4n) is 4.24. The van der Waals surface area contributed by atoms with Crippen molar-refractivity contribution in [1.29, 1.82) is 5.26 Å². The summed E-state index contributed by atoms with van der Waals surface area (Å²) >= 11 is 0. The zero-order valence-corrected chi connectivity index (χ0v) is 17.2. The Labute approximate surface area is 177 Å². The third-order valence-electron chi connectivity index (χ3n) is 5.91. The van der Waals surface area contributed by atoms with Gasteiger partial charge < -0.3 is 20.0 Å². The molecule has 2 fully saturated rings. The second kappa shape index (κ2) is 9.59. The van der Waals surface area contributed by atoms with Gasteiger partial charge in [-0.15, -0.1) is 0 Å². The van der Waals surface area contributed by atoms with Gasteiger partial charge in [0.1, 0.15) is 11.9 Å². The maximum absolute atomic E-state index is 13.0. The van der Waals surface area contributed by atoms with E-state index in [1.807, 2.05) is 23.1 Å². The Morgan fingerprint density at radius 2 is 1.77 bits per heavy atom. The molecule has 2 aliphatic rings. The molecule has 0 spiro atoms. The minimum absolute atomic E-state index is 0.0178. The van der Waals surface area contributed by atoms with Crippen LogP contribution >= 0.6 is 0 Å². The van der Waals surface area contributed by atoms with E-state index in [0.717, 1.165) is 25.2 Å². The first kappa shape index (κ1) is 20.2. The largest absolute Gasteiger partial charge is 0.352 e. The standard InChI is InChI=1S/C23H28N6O/c24-17-20-9-6-10-25-22(20)28-13-15-29(16-14-28)23(30)26-21(18-27-11-4-5-12-27)19-7-2-1-3-8-19/h1-3,6-10,21H,4-5,11-16,18H2,(H,26,30). The number of piperazine rings is 1. The van der Waals surface area contributed by atoms with Crippen molar-refractivity contribution >= 4 is 11.8 Å². The fraction of sp³-hybridized carbons (Fsp3) is 0.435. The molecule has 0 radical (unpaired) electrons. The minimum Gasteiger partial charge on any atom is -0.352 e. The maximum Gasteiger partial charge on any atom is 0.318 e. The molecule has 1 N–H and O–H groups in total. The van der Waals surface area contributed by atoms with Gasteiger partial charge in [-0.05, 0) is 43.6 Å². The molecule has 0 aliphatic carbocycles. The molecular weight excluding hydrogens is 376 g/mol. The summed E-state index contributed by atoms with van der Waals surface area (Å²) in [6.07, 6.45) is 4.17. The first-order valence-corrected chi connectivity index (χ1v) is 10.7. The van der Waals surface area contributed by atoms with E-state index >= 15 is 0 Å². The van der Waals surface area contributed by atoms with Gasteiger partial charge in [0.2, 0.25) is 0 Å². The molecule has 0 saturated carbocycles. The highest BCUT2D eigenvalue weighted by Gasteiger charge is 2.26. The van der Waals surface area contributed by atoms with Crippen molar-refractivity contribution < 1.29 is 4.79 Å². The number of urea groups is 1. The van der Waals surface area contributed by atoms with Gasteiger partial charge in [-0.3, -0.25) is 0 Å². The summed E-state index contributed by atoms with van der Waals surface area (Å²) in [6.45, 7) is 5.60. The van der Waals surface area contributed by atoms with E-state index in [1.165, 1.54) is 12.8 Å². The number of rotatable bonds is 5. The molecule has 1 atom stereocenters. The monoisotopic (exact) mass is 404 g/mol. The molecule has 2 aromatic rings.